The Balaban J connectivity index is 1.92. The molecule has 5 nitrogen and oxygen atoms in total. The molecule has 0 radical (unpaired) electrons. The van der Waals surface area contributed by atoms with E-state index < -0.39 is 18.4 Å². The van der Waals surface area contributed by atoms with Gasteiger partial charge in [-0.05, 0) is 17.7 Å². The fraction of sp³-hybridized carbons (Fsp3) is 0.364. The van der Waals surface area contributed by atoms with Gasteiger partial charge in [-0.1, -0.05) is 12.1 Å². The lowest BCUT2D eigenvalue weighted by atomic mass is 10.1. The molecule has 1 aromatic rings. The van der Waals surface area contributed by atoms with Crippen molar-refractivity contribution < 1.29 is 24.5 Å². The van der Waals surface area contributed by atoms with E-state index in [4.69, 9.17) is 19.7 Å². The molecule has 1 heterocycles. The van der Waals surface area contributed by atoms with Gasteiger partial charge in [-0.3, -0.25) is 0 Å². The summed E-state index contributed by atoms with van der Waals surface area (Å²) in [5.41, 5.74) is 0.925. The molecular weight excluding hydrogens is 212 g/mol. The van der Waals surface area contributed by atoms with Gasteiger partial charge in [0, 0.05) is 6.42 Å². The highest BCUT2D eigenvalue weighted by Crippen LogP contribution is 2.18. The summed E-state index contributed by atoms with van der Waals surface area (Å²) in [7, 11) is 0. The van der Waals surface area contributed by atoms with E-state index in [2.05, 4.69) is 0 Å². The highest BCUT2D eigenvalue weighted by Gasteiger charge is 2.31. The highest BCUT2D eigenvalue weighted by atomic mass is 16.7. The molecule has 1 aliphatic rings. The first-order valence-electron chi connectivity index (χ1n) is 4.93. The third-order valence-electron chi connectivity index (χ3n) is 2.36. The summed E-state index contributed by atoms with van der Waals surface area (Å²) in [5, 5.41) is 17.8. The number of hydrogen-bond acceptors (Lipinski definition) is 4. The molecule has 2 atom stereocenters. The van der Waals surface area contributed by atoms with Crippen LogP contribution in [0, 0.1) is 0 Å². The van der Waals surface area contributed by atoms with Crippen LogP contribution >= 0.6 is 0 Å². The van der Waals surface area contributed by atoms with Crippen LogP contribution in [-0.2, 0) is 20.7 Å². The molecule has 1 fully saturated rings. The largest absolute Gasteiger partial charge is 0.508 e. The number of phenols is 1. The molecule has 1 aromatic carbocycles. The van der Waals surface area contributed by atoms with Crippen LogP contribution in [0.4, 0.5) is 0 Å². The molecule has 0 bridgehead atoms. The van der Waals surface area contributed by atoms with Gasteiger partial charge in [-0.15, -0.1) is 0 Å². The number of benzene rings is 1. The molecule has 0 aliphatic carbocycles. The average Bonchev–Trinajstić information content (AvgIpc) is 2.70. The molecular formula is C11H12O5. The van der Waals surface area contributed by atoms with Crippen molar-refractivity contribution in [2.24, 2.45) is 0 Å². The maximum absolute atomic E-state index is 10.6. The monoisotopic (exact) mass is 224 g/mol. The molecule has 2 unspecified atom stereocenters. The standard InChI is InChI=1S/C11H12O5/c12-8-3-1-7(2-4-8)5-10-15-6-9(16-10)11(13)14/h1-4,9-10,12H,5-6H2,(H,13,14). The van der Waals surface area contributed by atoms with Gasteiger partial charge in [0.1, 0.15) is 5.75 Å². The van der Waals surface area contributed by atoms with Crippen LogP contribution in [0.5, 0.6) is 5.75 Å². The number of ether oxygens (including phenoxy) is 2. The number of rotatable bonds is 3. The zero-order valence-corrected chi connectivity index (χ0v) is 8.50. The summed E-state index contributed by atoms with van der Waals surface area (Å²) >= 11 is 0. The Morgan fingerprint density at radius 2 is 2.06 bits per heavy atom. The Labute approximate surface area is 92.2 Å². The van der Waals surface area contributed by atoms with Gasteiger partial charge in [0.15, 0.2) is 12.4 Å². The number of carbonyl (C=O) groups is 1. The van der Waals surface area contributed by atoms with E-state index in [1.54, 1.807) is 24.3 Å². The second-order valence-corrected chi connectivity index (χ2v) is 3.60. The lowest BCUT2D eigenvalue weighted by Crippen LogP contribution is -2.23. The molecule has 2 N–H and O–H groups in total. The molecule has 5 heteroatoms. The van der Waals surface area contributed by atoms with Gasteiger partial charge >= 0.3 is 5.97 Å². The molecule has 0 saturated carbocycles. The van der Waals surface area contributed by atoms with Crippen LogP contribution in [-0.4, -0.2) is 35.2 Å². The van der Waals surface area contributed by atoms with E-state index in [1.807, 2.05) is 0 Å². The first-order chi connectivity index (χ1) is 7.65. The van der Waals surface area contributed by atoms with E-state index in [0.717, 1.165) is 5.56 Å². The predicted molar refractivity (Wildman–Crippen MR) is 54.1 cm³/mol. The molecule has 86 valence electrons. The van der Waals surface area contributed by atoms with Crippen molar-refractivity contribution in [2.45, 2.75) is 18.8 Å². The highest BCUT2D eigenvalue weighted by molar-refractivity contribution is 5.72. The van der Waals surface area contributed by atoms with Crippen molar-refractivity contribution in [2.75, 3.05) is 6.61 Å². The fourth-order valence-corrected chi connectivity index (χ4v) is 1.52. The smallest absolute Gasteiger partial charge is 0.335 e. The van der Waals surface area contributed by atoms with Gasteiger partial charge in [-0.2, -0.15) is 0 Å². The van der Waals surface area contributed by atoms with Crippen molar-refractivity contribution in [1.29, 1.82) is 0 Å². The van der Waals surface area contributed by atoms with Gasteiger partial charge in [0.25, 0.3) is 0 Å². The summed E-state index contributed by atoms with van der Waals surface area (Å²) in [6, 6.07) is 6.63. The molecule has 1 aliphatic heterocycles. The number of carboxylic acids is 1. The number of hydrogen-bond donors (Lipinski definition) is 2. The Morgan fingerprint density at radius 1 is 1.38 bits per heavy atom. The Bertz CT molecular complexity index is 372. The van der Waals surface area contributed by atoms with Crippen molar-refractivity contribution in [3.05, 3.63) is 29.8 Å². The quantitative estimate of drug-likeness (QED) is 0.792. The zero-order chi connectivity index (χ0) is 11.5. The molecule has 1 saturated heterocycles. The van der Waals surface area contributed by atoms with E-state index >= 15 is 0 Å². The minimum absolute atomic E-state index is 0.0814. The third-order valence-corrected chi connectivity index (χ3v) is 2.36. The first-order valence-corrected chi connectivity index (χ1v) is 4.93. The second kappa shape index (κ2) is 4.51. The maximum Gasteiger partial charge on any atom is 0.335 e. The van der Waals surface area contributed by atoms with Crippen LogP contribution in [0.25, 0.3) is 0 Å². The lowest BCUT2D eigenvalue weighted by molar-refractivity contribution is -0.150. The number of carboxylic acid groups (broad SMARTS) is 1. The minimum atomic E-state index is -1.01. The van der Waals surface area contributed by atoms with Crippen molar-refractivity contribution in [1.82, 2.24) is 0 Å². The fourth-order valence-electron chi connectivity index (χ4n) is 1.52. The Morgan fingerprint density at radius 3 is 2.62 bits per heavy atom. The normalized spacial score (nSPS) is 24.5. The number of aliphatic carboxylic acids is 1. The van der Waals surface area contributed by atoms with Crippen LogP contribution < -0.4 is 0 Å². The summed E-state index contributed by atoms with van der Waals surface area (Å²) in [6.07, 6.45) is -0.919. The lowest BCUT2D eigenvalue weighted by Gasteiger charge is -2.09. The third kappa shape index (κ3) is 2.50. The first kappa shape index (κ1) is 10.9. The van der Waals surface area contributed by atoms with Crippen molar-refractivity contribution in [3.8, 4) is 5.75 Å². The average molecular weight is 224 g/mol. The number of phenolic OH excluding ortho intramolecular Hbond substituents is 1. The SMILES string of the molecule is O=C(O)C1COC(Cc2ccc(O)cc2)O1. The molecule has 16 heavy (non-hydrogen) atoms. The predicted octanol–water partition coefficient (Wildman–Crippen LogP) is 0.761. The van der Waals surface area contributed by atoms with Crippen molar-refractivity contribution >= 4 is 5.97 Å². The van der Waals surface area contributed by atoms with E-state index in [-0.39, 0.29) is 12.4 Å². The molecule has 0 amide bonds. The molecule has 0 spiro atoms. The van der Waals surface area contributed by atoms with Crippen LogP contribution in [0.2, 0.25) is 0 Å². The molecule has 2 rings (SSSR count). The van der Waals surface area contributed by atoms with Gasteiger partial charge in [0.05, 0.1) is 6.61 Å². The van der Waals surface area contributed by atoms with Gasteiger partial charge in [-0.25, -0.2) is 4.79 Å². The van der Waals surface area contributed by atoms with Crippen molar-refractivity contribution in [3.63, 3.8) is 0 Å². The summed E-state index contributed by atoms with van der Waals surface area (Å²) in [6.45, 7) is 0.0814. The van der Waals surface area contributed by atoms with E-state index in [0.29, 0.717) is 6.42 Å². The van der Waals surface area contributed by atoms with Gasteiger partial charge < -0.3 is 19.7 Å². The van der Waals surface area contributed by atoms with E-state index in [9.17, 15) is 4.79 Å². The van der Waals surface area contributed by atoms with E-state index in [1.165, 1.54) is 0 Å². The Hall–Kier alpha value is -1.59. The summed E-state index contributed by atoms with van der Waals surface area (Å²) < 4.78 is 10.4. The Kier molecular flexibility index (Phi) is 3.07. The second-order valence-electron chi connectivity index (χ2n) is 3.60. The topological polar surface area (TPSA) is 76.0 Å². The van der Waals surface area contributed by atoms with Crippen LogP contribution in [0.3, 0.4) is 0 Å². The number of aromatic hydroxyl groups is 1. The zero-order valence-electron chi connectivity index (χ0n) is 8.50. The van der Waals surface area contributed by atoms with Crippen LogP contribution in [0.15, 0.2) is 24.3 Å². The van der Waals surface area contributed by atoms with Gasteiger partial charge in [0.2, 0.25) is 0 Å². The summed E-state index contributed by atoms with van der Waals surface area (Å²) in [4.78, 5) is 10.6. The van der Waals surface area contributed by atoms with Crippen LogP contribution in [0.1, 0.15) is 5.56 Å². The minimum Gasteiger partial charge on any atom is -0.508 e. The molecule has 0 aromatic heterocycles. The maximum atomic E-state index is 10.6. The summed E-state index contributed by atoms with van der Waals surface area (Å²) in [5.74, 6) is -0.811.